The van der Waals surface area contributed by atoms with Gasteiger partial charge in [-0.1, -0.05) is 33.1 Å². The summed E-state index contributed by atoms with van der Waals surface area (Å²) < 4.78 is 11.8. The van der Waals surface area contributed by atoms with Gasteiger partial charge < -0.3 is 20.1 Å². The van der Waals surface area contributed by atoms with E-state index >= 15 is 0 Å². The molecule has 1 heterocycles. The third kappa shape index (κ3) is 2.69. The summed E-state index contributed by atoms with van der Waals surface area (Å²) in [7, 11) is 0. The first-order valence-corrected chi connectivity index (χ1v) is 10.3. The zero-order chi connectivity index (χ0) is 17.7. The Morgan fingerprint density at radius 3 is 2.68 bits per heavy atom. The van der Waals surface area contributed by atoms with Crippen LogP contribution < -0.4 is 10.6 Å². The average Bonchev–Trinajstić information content (AvgIpc) is 3.07. The molecule has 4 aliphatic rings. The van der Waals surface area contributed by atoms with Crippen molar-refractivity contribution < 1.29 is 14.3 Å². The quantitative estimate of drug-likeness (QED) is 0.818. The number of hydrogen-bond acceptors (Lipinski definition) is 3. The van der Waals surface area contributed by atoms with E-state index in [4.69, 9.17) is 9.47 Å². The highest BCUT2D eigenvalue weighted by Crippen LogP contribution is 2.54. The van der Waals surface area contributed by atoms with Crippen molar-refractivity contribution in [3.63, 3.8) is 0 Å². The van der Waals surface area contributed by atoms with Gasteiger partial charge in [-0.3, -0.25) is 0 Å². The summed E-state index contributed by atoms with van der Waals surface area (Å²) in [5.41, 5.74) is 0.217. The molecule has 0 aromatic heterocycles. The molecule has 5 heteroatoms. The van der Waals surface area contributed by atoms with Crippen LogP contribution in [0.4, 0.5) is 4.79 Å². The molecule has 0 aromatic rings. The van der Waals surface area contributed by atoms with Crippen LogP contribution >= 0.6 is 0 Å². The first-order valence-electron chi connectivity index (χ1n) is 10.3. The van der Waals surface area contributed by atoms with Crippen LogP contribution in [-0.4, -0.2) is 43.5 Å². The van der Waals surface area contributed by atoms with Crippen LogP contribution in [0, 0.1) is 16.7 Å². The molecule has 0 bridgehead atoms. The summed E-state index contributed by atoms with van der Waals surface area (Å²) >= 11 is 0. The Balaban J connectivity index is 1.36. The lowest BCUT2D eigenvalue weighted by Crippen LogP contribution is -2.70. The van der Waals surface area contributed by atoms with Gasteiger partial charge in [-0.15, -0.1) is 0 Å². The standard InChI is InChI=1S/C20H34N2O3/c1-4-24-15-12-14(20(15)9-6-5-7-10-20)21-18(23)22-16-13-8-11-25-17(13)19(16,2)3/h13-17H,4-12H2,1-3H3,(H2,21,22,23)/t13-,14-,15+,16+,17-/m0/s1. The smallest absolute Gasteiger partial charge is 0.315 e. The fourth-order valence-electron chi connectivity index (χ4n) is 6.22. The molecule has 2 N–H and O–H groups in total. The molecule has 5 nitrogen and oxygen atoms in total. The fraction of sp³-hybridized carbons (Fsp3) is 0.950. The van der Waals surface area contributed by atoms with Crippen molar-refractivity contribution in [2.45, 2.75) is 90.0 Å². The van der Waals surface area contributed by atoms with Crippen molar-refractivity contribution >= 4 is 6.03 Å². The zero-order valence-electron chi connectivity index (χ0n) is 16.0. The van der Waals surface area contributed by atoms with Gasteiger partial charge in [-0.2, -0.15) is 0 Å². The predicted octanol–water partition coefficient (Wildman–Crippen LogP) is 3.23. The van der Waals surface area contributed by atoms with Crippen LogP contribution in [0.25, 0.3) is 0 Å². The molecule has 3 saturated carbocycles. The van der Waals surface area contributed by atoms with E-state index in [1.165, 1.54) is 32.1 Å². The minimum atomic E-state index is 0.00771. The van der Waals surface area contributed by atoms with Crippen LogP contribution in [0.1, 0.15) is 65.7 Å². The van der Waals surface area contributed by atoms with Gasteiger partial charge in [0.2, 0.25) is 0 Å². The second kappa shape index (κ2) is 6.41. The van der Waals surface area contributed by atoms with E-state index in [1.54, 1.807) is 0 Å². The molecule has 1 spiro atoms. The second-order valence-corrected chi connectivity index (χ2v) is 9.19. The Morgan fingerprint density at radius 2 is 1.96 bits per heavy atom. The van der Waals surface area contributed by atoms with E-state index < -0.39 is 0 Å². The maximum Gasteiger partial charge on any atom is 0.315 e. The van der Waals surface area contributed by atoms with Crippen molar-refractivity contribution in [2.24, 2.45) is 16.7 Å². The highest BCUT2D eigenvalue weighted by atomic mass is 16.5. The zero-order valence-corrected chi connectivity index (χ0v) is 16.0. The predicted molar refractivity (Wildman–Crippen MR) is 96.4 cm³/mol. The molecule has 4 fully saturated rings. The molecule has 2 amide bonds. The second-order valence-electron chi connectivity index (χ2n) is 9.19. The molecular formula is C20H34N2O3. The maximum absolute atomic E-state index is 12.7. The number of amides is 2. The van der Waals surface area contributed by atoms with Crippen LogP contribution in [0.3, 0.4) is 0 Å². The maximum atomic E-state index is 12.7. The van der Waals surface area contributed by atoms with Crippen molar-refractivity contribution in [3.05, 3.63) is 0 Å². The summed E-state index contributed by atoms with van der Waals surface area (Å²) in [6, 6.07) is 0.501. The van der Waals surface area contributed by atoms with Crippen LogP contribution in [0.2, 0.25) is 0 Å². The van der Waals surface area contributed by atoms with Gasteiger partial charge in [0.05, 0.1) is 12.2 Å². The van der Waals surface area contributed by atoms with Crippen molar-refractivity contribution in [1.29, 1.82) is 0 Å². The summed E-state index contributed by atoms with van der Waals surface area (Å²) in [6.07, 6.45) is 8.90. The number of nitrogens with one attached hydrogen (secondary N) is 2. The van der Waals surface area contributed by atoms with Gasteiger partial charge in [0.1, 0.15) is 0 Å². The van der Waals surface area contributed by atoms with Crippen LogP contribution in [-0.2, 0) is 9.47 Å². The number of fused-ring (bicyclic) bond motifs is 1. The molecular weight excluding hydrogens is 316 g/mol. The Kier molecular flexibility index (Phi) is 4.52. The van der Waals surface area contributed by atoms with Crippen molar-refractivity contribution in [3.8, 4) is 0 Å². The number of ether oxygens (including phenoxy) is 2. The third-order valence-corrected chi connectivity index (χ3v) is 7.63. The molecule has 0 aromatic carbocycles. The summed E-state index contributed by atoms with van der Waals surface area (Å²) in [6.45, 7) is 8.09. The molecule has 3 aliphatic carbocycles. The number of hydrogen-bond donors (Lipinski definition) is 2. The summed E-state index contributed by atoms with van der Waals surface area (Å²) in [4.78, 5) is 12.7. The number of carbonyl (C=O) groups is 1. The topological polar surface area (TPSA) is 59.6 Å². The van der Waals surface area contributed by atoms with E-state index in [0.717, 1.165) is 26.1 Å². The fourth-order valence-corrected chi connectivity index (χ4v) is 6.22. The van der Waals surface area contributed by atoms with Crippen LogP contribution in [0.5, 0.6) is 0 Å². The van der Waals surface area contributed by atoms with Gasteiger partial charge in [-0.05, 0) is 32.6 Å². The monoisotopic (exact) mass is 350 g/mol. The van der Waals surface area contributed by atoms with E-state index in [-0.39, 0.29) is 28.9 Å². The molecule has 0 radical (unpaired) electrons. The largest absolute Gasteiger partial charge is 0.378 e. The molecule has 25 heavy (non-hydrogen) atoms. The molecule has 0 unspecified atom stereocenters. The minimum Gasteiger partial charge on any atom is -0.378 e. The van der Waals surface area contributed by atoms with Crippen molar-refractivity contribution in [1.82, 2.24) is 10.6 Å². The summed E-state index contributed by atoms with van der Waals surface area (Å²) in [5.74, 6) is 0.488. The van der Waals surface area contributed by atoms with Crippen LogP contribution in [0.15, 0.2) is 0 Å². The summed E-state index contributed by atoms with van der Waals surface area (Å²) in [5, 5.41) is 6.59. The van der Waals surface area contributed by atoms with E-state index in [9.17, 15) is 4.79 Å². The van der Waals surface area contributed by atoms with E-state index in [0.29, 0.717) is 18.1 Å². The Labute approximate surface area is 151 Å². The van der Waals surface area contributed by atoms with Gasteiger partial charge >= 0.3 is 6.03 Å². The Bertz CT molecular complexity index is 515. The van der Waals surface area contributed by atoms with Gasteiger partial charge in [-0.25, -0.2) is 4.79 Å². The lowest BCUT2D eigenvalue weighted by molar-refractivity contribution is -0.147. The van der Waals surface area contributed by atoms with E-state index in [1.807, 2.05) is 0 Å². The number of carbonyl (C=O) groups excluding carboxylic acids is 1. The molecule has 1 aliphatic heterocycles. The highest BCUT2D eigenvalue weighted by molar-refractivity contribution is 5.75. The molecule has 5 atom stereocenters. The van der Waals surface area contributed by atoms with Crippen molar-refractivity contribution in [2.75, 3.05) is 13.2 Å². The lowest BCUT2D eigenvalue weighted by atomic mass is 9.55. The average molecular weight is 351 g/mol. The number of rotatable bonds is 4. The van der Waals surface area contributed by atoms with Gasteiger partial charge in [0, 0.05) is 42.0 Å². The molecule has 1 saturated heterocycles. The normalized spacial score (nSPS) is 40.7. The SMILES string of the molecule is CCO[C@@H]1C[C@H](NC(=O)N[C@@H]2[C@@H]3CCO[C@@H]3C2(C)C)C12CCCCC2. The third-order valence-electron chi connectivity index (χ3n) is 7.63. The minimum absolute atomic E-state index is 0.00771. The highest BCUT2D eigenvalue weighted by Gasteiger charge is 2.60. The molecule has 4 rings (SSSR count). The Morgan fingerprint density at radius 1 is 1.20 bits per heavy atom. The number of urea groups is 1. The molecule has 142 valence electrons. The Hall–Kier alpha value is -0.810. The van der Waals surface area contributed by atoms with E-state index in [2.05, 4.69) is 31.4 Å². The lowest BCUT2D eigenvalue weighted by Gasteiger charge is -2.58. The van der Waals surface area contributed by atoms with Gasteiger partial charge in [0.25, 0.3) is 0 Å². The first kappa shape index (κ1) is 17.6. The first-order chi connectivity index (χ1) is 12.0. The van der Waals surface area contributed by atoms with Gasteiger partial charge in [0.15, 0.2) is 0 Å².